The van der Waals surface area contributed by atoms with E-state index in [2.05, 4.69) is 26.0 Å². The minimum absolute atomic E-state index is 0.169. The molecule has 1 unspecified atom stereocenters. The molecule has 0 saturated heterocycles. The predicted molar refractivity (Wildman–Crippen MR) is 60.8 cm³/mol. The van der Waals surface area contributed by atoms with Crippen LogP contribution < -0.4 is 0 Å². The highest BCUT2D eigenvalue weighted by molar-refractivity contribution is 9.10. The number of hydrogen-bond donors (Lipinski definition) is 0. The van der Waals surface area contributed by atoms with Gasteiger partial charge in [-0.25, -0.2) is 4.39 Å². The van der Waals surface area contributed by atoms with Gasteiger partial charge in [0.2, 0.25) is 0 Å². The summed E-state index contributed by atoms with van der Waals surface area (Å²) in [5.74, 6) is -0.142. The highest BCUT2D eigenvalue weighted by Gasteiger charge is 2.16. The Balaban J connectivity index is 3.17. The molecule has 80 valence electrons. The number of benzene rings is 1. The van der Waals surface area contributed by atoms with E-state index in [1.807, 2.05) is 13.8 Å². The van der Waals surface area contributed by atoms with Gasteiger partial charge >= 0.3 is 0 Å². The van der Waals surface area contributed by atoms with Crippen molar-refractivity contribution < 1.29 is 4.39 Å². The van der Waals surface area contributed by atoms with Gasteiger partial charge in [0.05, 0.1) is 6.04 Å². The molecule has 1 aromatic rings. The summed E-state index contributed by atoms with van der Waals surface area (Å²) in [7, 11) is 0. The second-order valence-electron chi connectivity index (χ2n) is 3.56. The number of nitrogens with zero attached hydrogens (tertiary/aromatic N) is 3. The highest BCUT2D eigenvalue weighted by atomic mass is 79.9. The summed E-state index contributed by atoms with van der Waals surface area (Å²) in [6, 6.07) is 4.10. The van der Waals surface area contributed by atoms with Crippen molar-refractivity contribution in [2.75, 3.05) is 0 Å². The Morgan fingerprint density at radius 2 is 2.13 bits per heavy atom. The third kappa shape index (κ3) is 2.94. The molecule has 0 heterocycles. The molecule has 0 amide bonds. The lowest BCUT2D eigenvalue weighted by Crippen LogP contribution is -2.04. The quantitative estimate of drug-likeness (QED) is 0.439. The zero-order chi connectivity index (χ0) is 11.4. The summed E-state index contributed by atoms with van der Waals surface area (Å²) in [6.07, 6.45) is 0. The van der Waals surface area contributed by atoms with Crippen molar-refractivity contribution in [3.8, 4) is 0 Å². The van der Waals surface area contributed by atoms with Crippen LogP contribution in [0.4, 0.5) is 4.39 Å². The summed E-state index contributed by atoms with van der Waals surface area (Å²) < 4.78 is 13.5. The van der Waals surface area contributed by atoms with Gasteiger partial charge in [0.15, 0.2) is 0 Å². The van der Waals surface area contributed by atoms with Gasteiger partial charge in [0, 0.05) is 9.38 Å². The van der Waals surface area contributed by atoms with E-state index < -0.39 is 0 Å². The first-order valence-electron chi connectivity index (χ1n) is 4.55. The van der Waals surface area contributed by atoms with Crippen molar-refractivity contribution in [3.05, 3.63) is 44.5 Å². The molecule has 0 spiro atoms. The molecule has 1 aromatic carbocycles. The van der Waals surface area contributed by atoms with E-state index in [1.165, 1.54) is 12.1 Å². The molecular formula is C10H11BrFN3. The van der Waals surface area contributed by atoms with Gasteiger partial charge in [-0.3, -0.25) is 0 Å². The summed E-state index contributed by atoms with van der Waals surface area (Å²) >= 11 is 3.26. The average Bonchev–Trinajstić information content (AvgIpc) is 2.15. The maximum Gasteiger partial charge on any atom is 0.124 e. The van der Waals surface area contributed by atoms with Crippen molar-refractivity contribution >= 4 is 15.9 Å². The topological polar surface area (TPSA) is 48.8 Å². The van der Waals surface area contributed by atoms with Crippen molar-refractivity contribution in [1.29, 1.82) is 0 Å². The summed E-state index contributed by atoms with van der Waals surface area (Å²) in [4.78, 5) is 2.81. The van der Waals surface area contributed by atoms with Gasteiger partial charge in [-0.05, 0) is 29.1 Å². The molecule has 0 aliphatic heterocycles. The van der Waals surface area contributed by atoms with Crippen molar-refractivity contribution in [3.63, 3.8) is 0 Å². The molecule has 3 nitrogen and oxygen atoms in total. The minimum Gasteiger partial charge on any atom is -0.207 e. The lowest BCUT2D eigenvalue weighted by atomic mass is 9.97. The van der Waals surface area contributed by atoms with Crippen molar-refractivity contribution in [2.45, 2.75) is 19.9 Å². The van der Waals surface area contributed by atoms with Crippen LogP contribution in [-0.2, 0) is 0 Å². The Morgan fingerprint density at radius 1 is 1.47 bits per heavy atom. The van der Waals surface area contributed by atoms with Gasteiger partial charge < -0.3 is 0 Å². The largest absolute Gasteiger partial charge is 0.207 e. The molecule has 0 aliphatic rings. The number of azide groups is 1. The Hall–Kier alpha value is -1.06. The van der Waals surface area contributed by atoms with Gasteiger partial charge in [-0.1, -0.05) is 41.0 Å². The van der Waals surface area contributed by atoms with Crippen molar-refractivity contribution in [1.82, 2.24) is 0 Å². The fourth-order valence-electron chi connectivity index (χ4n) is 1.35. The maximum atomic E-state index is 12.9. The summed E-state index contributed by atoms with van der Waals surface area (Å²) in [5.41, 5.74) is 9.27. The van der Waals surface area contributed by atoms with E-state index in [4.69, 9.17) is 5.53 Å². The van der Waals surface area contributed by atoms with Gasteiger partial charge in [0.25, 0.3) is 0 Å². The first kappa shape index (κ1) is 12.0. The fraction of sp³-hybridized carbons (Fsp3) is 0.400. The Labute approximate surface area is 96.1 Å². The van der Waals surface area contributed by atoms with E-state index >= 15 is 0 Å². The zero-order valence-corrected chi connectivity index (χ0v) is 10.1. The first-order valence-corrected chi connectivity index (χ1v) is 5.34. The van der Waals surface area contributed by atoms with E-state index in [1.54, 1.807) is 6.07 Å². The molecule has 0 bridgehead atoms. The van der Waals surface area contributed by atoms with Crippen LogP contribution in [0.25, 0.3) is 10.4 Å². The Bertz CT molecular complexity index is 400. The van der Waals surface area contributed by atoms with Crippen molar-refractivity contribution in [2.24, 2.45) is 11.0 Å². The predicted octanol–water partition coefficient (Wildman–Crippen LogP) is 4.60. The van der Waals surface area contributed by atoms with Crippen LogP contribution in [0.2, 0.25) is 0 Å². The van der Waals surface area contributed by atoms with Crippen LogP contribution in [0.15, 0.2) is 27.8 Å². The number of halogens is 2. The minimum atomic E-state index is -0.311. The third-order valence-corrected chi connectivity index (χ3v) is 2.78. The lowest BCUT2D eigenvalue weighted by Gasteiger charge is -2.16. The molecule has 0 N–H and O–H groups in total. The van der Waals surface area contributed by atoms with Crippen LogP contribution in [0.3, 0.4) is 0 Å². The highest BCUT2D eigenvalue weighted by Crippen LogP contribution is 2.32. The Morgan fingerprint density at radius 3 is 2.60 bits per heavy atom. The first-order chi connectivity index (χ1) is 7.06. The number of hydrogen-bond acceptors (Lipinski definition) is 1. The van der Waals surface area contributed by atoms with Crippen LogP contribution in [0.5, 0.6) is 0 Å². The van der Waals surface area contributed by atoms with E-state index in [0.717, 1.165) is 5.56 Å². The van der Waals surface area contributed by atoms with Crippen LogP contribution in [0.1, 0.15) is 25.5 Å². The monoisotopic (exact) mass is 271 g/mol. The van der Waals surface area contributed by atoms with Crippen LogP contribution in [0, 0.1) is 11.7 Å². The Kier molecular flexibility index (Phi) is 4.12. The average molecular weight is 272 g/mol. The van der Waals surface area contributed by atoms with E-state index in [9.17, 15) is 4.39 Å². The number of rotatable bonds is 3. The SMILES string of the molecule is CC(C)C(N=[N+]=[N-])c1ccc(F)cc1Br. The molecule has 0 radical (unpaired) electrons. The summed E-state index contributed by atoms with van der Waals surface area (Å²) in [6.45, 7) is 3.91. The molecule has 1 rings (SSSR count). The van der Waals surface area contributed by atoms with Crippen LogP contribution in [-0.4, -0.2) is 0 Å². The molecular weight excluding hydrogens is 261 g/mol. The second kappa shape index (κ2) is 5.14. The molecule has 0 aromatic heterocycles. The lowest BCUT2D eigenvalue weighted by molar-refractivity contribution is 0.509. The fourth-order valence-corrected chi connectivity index (χ4v) is 1.94. The van der Waals surface area contributed by atoms with Gasteiger partial charge in [-0.2, -0.15) is 0 Å². The zero-order valence-electron chi connectivity index (χ0n) is 8.48. The molecule has 0 aliphatic carbocycles. The third-order valence-electron chi connectivity index (χ3n) is 2.09. The molecule has 0 saturated carbocycles. The van der Waals surface area contributed by atoms with Gasteiger partial charge in [0.1, 0.15) is 5.82 Å². The van der Waals surface area contributed by atoms with Crippen LogP contribution >= 0.6 is 15.9 Å². The van der Waals surface area contributed by atoms with E-state index in [-0.39, 0.29) is 17.8 Å². The molecule has 1 atom stereocenters. The molecule has 5 heteroatoms. The molecule has 15 heavy (non-hydrogen) atoms. The second-order valence-corrected chi connectivity index (χ2v) is 4.41. The summed E-state index contributed by atoms with van der Waals surface area (Å²) in [5, 5.41) is 3.71. The smallest absolute Gasteiger partial charge is 0.124 e. The molecule has 0 fully saturated rings. The maximum absolute atomic E-state index is 12.9. The normalized spacial score (nSPS) is 12.3. The van der Waals surface area contributed by atoms with Gasteiger partial charge in [-0.15, -0.1) is 0 Å². The van der Waals surface area contributed by atoms with E-state index in [0.29, 0.717) is 4.47 Å². The standard InChI is InChI=1S/C10H11BrFN3/c1-6(2)10(14-15-13)8-4-3-7(12)5-9(8)11/h3-6,10H,1-2H3.